The molecule has 83 heavy (non-hydrogen) atoms. The monoisotopic (exact) mass is 1150 g/mol. The Kier molecular flexibility index (Phi) is 65.8. The fraction of sp³-hybridized carbons (Fsp3) is 0.649. The molecular formula is C77H126O6. The van der Waals surface area contributed by atoms with Gasteiger partial charge in [0.1, 0.15) is 13.2 Å². The minimum atomic E-state index is -0.807. The quantitative estimate of drug-likeness (QED) is 0.0261. The van der Waals surface area contributed by atoms with Crippen LogP contribution in [-0.4, -0.2) is 37.2 Å². The molecule has 0 saturated carbocycles. The van der Waals surface area contributed by atoms with Crippen molar-refractivity contribution in [3.8, 4) is 0 Å². The first kappa shape index (κ1) is 78.3. The number of esters is 3. The van der Waals surface area contributed by atoms with Crippen LogP contribution in [0.5, 0.6) is 0 Å². The van der Waals surface area contributed by atoms with Crippen LogP contribution in [0, 0.1) is 0 Å². The van der Waals surface area contributed by atoms with Gasteiger partial charge in [0.25, 0.3) is 0 Å². The van der Waals surface area contributed by atoms with E-state index in [-0.39, 0.29) is 31.1 Å². The molecule has 470 valence electrons. The van der Waals surface area contributed by atoms with Crippen LogP contribution in [0.1, 0.15) is 303 Å². The second-order valence-electron chi connectivity index (χ2n) is 22.3. The van der Waals surface area contributed by atoms with Gasteiger partial charge in [0.05, 0.1) is 0 Å². The van der Waals surface area contributed by atoms with Crippen LogP contribution in [0.4, 0.5) is 0 Å². The van der Waals surface area contributed by atoms with Crippen molar-refractivity contribution >= 4 is 17.9 Å². The number of carbonyl (C=O) groups is 3. The van der Waals surface area contributed by atoms with Gasteiger partial charge >= 0.3 is 17.9 Å². The second-order valence-corrected chi connectivity index (χ2v) is 22.3. The van der Waals surface area contributed by atoms with Gasteiger partial charge in [-0.05, 0) is 141 Å². The van der Waals surface area contributed by atoms with Gasteiger partial charge in [0, 0.05) is 19.3 Å². The van der Waals surface area contributed by atoms with Crippen LogP contribution < -0.4 is 0 Å². The van der Waals surface area contributed by atoms with E-state index < -0.39 is 6.10 Å². The number of unbranched alkanes of at least 4 members (excludes halogenated alkanes) is 26. The van der Waals surface area contributed by atoms with Gasteiger partial charge in [0.2, 0.25) is 0 Å². The van der Waals surface area contributed by atoms with E-state index in [1.807, 2.05) is 0 Å². The summed E-state index contributed by atoms with van der Waals surface area (Å²) in [5.41, 5.74) is 0. The largest absolute Gasteiger partial charge is 0.462 e. The van der Waals surface area contributed by atoms with Gasteiger partial charge in [-0.25, -0.2) is 0 Å². The average Bonchev–Trinajstić information content (AvgIpc) is 3.49. The van der Waals surface area contributed by atoms with Gasteiger partial charge in [-0.2, -0.15) is 0 Å². The molecule has 0 aromatic heterocycles. The summed E-state index contributed by atoms with van der Waals surface area (Å²) in [6.45, 7) is 6.38. The van der Waals surface area contributed by atoms with Crippen molar-refractivity contribution in [2.75, 3.05) is 13.2 Å². The van der Waals surface area contributed by atoms with Crippen LogP contribution in [0.2, 0.25) is 0 Å². The summed E-state index contributed by atoms with van der Waals surface area (Å²) in [6, 6.07) is 0. The second kappa shape index (κ2) is 69.8. The summed E-state index contributed by atoms with van der Waals surface area (Å²) in [6.07, 6.45) is 100.0. The first-order valence-electron chi connectivity index (χ1n) is 34.3. The summed E-state index contributed by atoms with van der Waals surface area (Å²) < 4.78 is 17.0. The number of carbonyl (C=O) groups excluding carboxylic acids is 3. The SMILES string of the molecule is CC/C=C\C/C=C\C/C=C\C/C=C\C/C=C\CCCCCC(=O)OCC(COC(=O)CCCCCCCCCCCC/C=C\C/C=C\C/C=C\CCCCCCC)OC(=O)CCCCCCCCCC/C=C\C/C=C\C/C=C\C/C=C\CC. The maximum absolute atomic E-state index is 13.0. The first-order valence-corrected chi connectivity index (χ1v) is 34.3. The molecule has 0 aliphatic heterocycles. The Hall–Kier alpha value is -4.71. The molecule has 0 bridgehead atoms. The molecule has 0 rings (SSSR count). The van der Waals surface area contributed by atoms with Gasteiger partial charge in [-0.1, -0.05) is 289 Å². The average molecular weight is 1150 g/mol. The fourth-order valence-corrected chi connectivity index (χ4v) is 9.23. The zero-order valence-corrected chi connectivity index (χ0v) is 53.9. The smallest absolute Gasteiger partial charge is 0.306 e. The molecule has 1 atom stereocenters. The zero-order valence-electron chi connectivity index (χ0n) is 53.9. The topological polar surface area (TPSA) is 78.9 Å². The van der Waals surface area contributed by atoms with Crippen molar-refractivity contribution in [1.29, 1.82) is 0 Å². The Bertz CT molecular complexity index is 1800. The van der Waals surface area contributed by atoms with Crippen LogP contribution in [0.3, 0.4) is 0 Å². The third-order valence-corrected chi connectivity index (χ3v) is 14.3. The number of hydrogen-bond donors (Lipinski definition) is 0. The zero-order chi connectivity index (χ0) is 59.9. The minimum Gasteiger partial charge on any atom is -0.462 e. The van der Waals surface area contributed by atoms with Gasteiger partial charge < -0.3 is 14.2 Å². The summed E-state index contributed by atoms with van der Waals surface area (Å²) in [7, 11) is 0. The Morgan fingerprint density at radius 1 is 0.253 bits per heavy atom. The highest BCUT2D eigenvalue weighted by Gasteiger charge is 2.19. The number of ether oxygens (including phenoxy) is 3. The molecule has 0 aromatic rings. The molecule has 0 fully saturated rings. The lowest BCUT2D eigenvalue weighted by Gasteiger charge is -2.18. The Labute approximate surface area is 512 Å². The summed E-state index contributed by atoms with van der Waals surface area (Å²) in [5.74, 6) is -0.940. The molecule has 6 heteroatoms. The summed E-state index contributed by atoms with van der Waals surface area (Å²) in [4.78, 5) is 38.5. The number of hydrogen-bond acceptors (Lipinski definition) is 6. The van der Waals surface area contributed by atoms with Crippen molar-refractivity contribution < 1.29 is 28.6 Å². The van der Waals surface area contributed by atoms with Crippen LogP contribution in [0.25, 0.3) is 0 Å². The normalized spacial score (nSPS) is 13.0. The Morgan fingerprint density at radius 2 is 0.470 bits per heavy atom. The minimum absolute atomic E-state index is 0.0987. The Morgan fingerprint density at radius 3 is 0.747 bits per heavy atom. The Balaban J connectivity index is 4.46. The molecule has 0 saturated heterocycles. The number of allylic oxidation sites excluding steroid dienone is 24. The maximum Gasteiger partial charge on any atom is 0.306 e. The van der Waals surface area contributed by atoms with Crippen molar-refractivity contribution in [3.05, 3.63) is 146 Å². The lowest BCUT2D eigenvalue weighted by Crippen LogP contribution is -2.30. The van der Waals surface area contributed by atoms with E-state index in [0.29, 0.717) is 19.3 Å². The standard InChI is InChI=1S/C77H126O6/c1-4-7-10-13-16-19-22-25-28-31-34-36-37-38-39-41-43-46-49-52-55-58-61-64-67-70-76(79)82-73-74(72-81-75(78)69-66-63-60-57-54-51-48-45-42-33-30-27-24-21-18-15-12-9-6-3)83-77(80)71-68-65-62-59-56-53-50-47-44-40-35-32-29-26-23-20-17-14-11-8-5-2/h8-9,11-12,17-18,20-22,25-27,29-31,34-35,37-38,40,42,45,51,54,74H,4-7,10,13-16,19,23-24,28,32-33,36,39,41,43-44,46-50,52-53,55-73H2,1-3H3/b11-8-,12-9-,20-17-,21-18-,25-22-,29-26-,30-27-,34-31-,38-37-,40-35-,45-42-,54-51-. The third-order valence-electron chi connectivity index (χ3n) is 14.3. The molecule has 0 aliphatic carbocycles. The molecule has 0 radical (unpaired) electrons. The molecule has 0 aromatic carbocycles. The van der Waals surface area contributed by atoms with E-state index in [4.69, 9.17) is 14.2 Å². The van der Waals surface area contributed by atoms with E-state index in [2.05, 4.69) is 167 Å². The van der Waals surface area contributed by atoms with Crippen molar-refractivity contribution in [1.82, 2.24) is 0 Å². The highest BCUT2D eigenvalue weighted by atomic mass is 16.6. The van der Waals surface area contributed by atoms with Gasteiger partial charge in [-0.3, -0.25) is 14.4 Å². The van der Waals surface area contributed by atoms with Crippen LogP contribution >= 0.6 is 0 Å². The third kappa shape index (κ3) is 68.0. The highest BCUT2D eigenvalue weighted by Crippen LogP contribution is 2.16. The van der Waals surface area contributed by atoms with Crippen LogP contribution in [0.15, 0.2) is 146 Å². The van der Waals surface area contributed by atoms with Crippen molar-refractivity contribution in [2.24, 2.45) is 0 Å². The summed E-state index contributed by atoms with van der Waals surface area (Å²) in [5, 5.41) is 0. The van der Waals surface area contributed by atoms with Crippen LogP contribution in [-0.2, 0) is 28.6 Å². The van der Waals surface area contributed by atoms with Crippen molar-refractivity contribution in [2.45, 2.75) is 309 Å². The summed E-state index contributed by atoms with van der Waals surface area (Å²) >= 11 is 0. The lowest BCUT2D eigenvalue weighted by atomic mass is 10.1. The molecule has 0 heterocycles. The predicted molar refractivity (Wildman–Crippen MR) is 362 cm³/mol. The lowest BCUT2D eigenvalue weighted by molar-refractivity contribution is -0.167. The van der Waals surface area contributed by atoms with E-state index in [0.717, 1.165) is 141 Å². The molecule has 0 spiro atoms. The van der Waals surface area contributed by atoms with Gasteiger partial charge in [-0.15, -0.1) is 0 Å². The molecule has 0 aliphatic rings. The van der Waals surface area contributed by atoms with E-state index >= 15 is 0 Å². The predicted octanol–water partition coefficient (Wildman–Crippen LogP) is 23.9. The highest BCUT2D eigenvalue weighted by molar-refractivity contribution is 5.71. The number of rotatable bonds is 61. The fourth-order valence-electron chi connectivity index (χ4n) is 9.23. The molecule has 0 amide bonds. The van der Waals surface area contributed by atoms with Gasteiger partial charge in [0.15, 0.2) is 6.10 Å². The van der Waals surface area contributed by atoms with Crippen molar-refractivity contribution in [3.63, 3.8) is 0 Å². The van der Waals surface area contributed by atoms with E-state index in [1.165, 1.54) is 122 Å². The molecule has 6 nitrogen and oxygen atoms in total. The maximum atomic E-state index is 13.0. The molecular weight excluding hydrogens is 1020 g/mol. The molecule has 0 N–H and O–H groups in total. The molecule has 1 unspecified atom stereocenters. The first-order chi connectivity index (χ1) is 41.0. The van der Waals surface area contributed by atoms with E-state index in [1.54, 1.807) is 0 Å². The van der Waals surface area contributed by atoms with E-state index in [9.17, 15) is 14.4 Å².